The lowest BCUT2D eigenvalue weighted by molar-refractivity contribution is -0.353. The van der Waals surface area contributed by atoms with Crippen molar-refractivity contribution >= 4 is 17.5 Å². The Kier molecular flexibility index (Phi) is 6.69. The lowest BCUT2D eigenvalue weighted by atomic mass is 9.89. The normalized spacial score (nSPS) is 24.4. The molecule has 0 radical (unpaired) electrons. The maximum atomic E-state index is 12.6. The van der Waals surface area contributed by atoms with Crippen molar-refractivity contribution in [1.29, 1.82) is 0 Å². The van der Waals surface area contributed by atoms with E-state index in [1.54, 1.807) is 35.3 Å². The van der Waals surface area contributed by atoms with Gasteiger partial charge in [-0.3, -0.25) is 9.53 Å². The molecule has 1 amide bonds. The molecule has 0 bridgehead atoms. The van der Waals surface area contributed by atoms with Gasteiger partial charge in [-0.1, -0.05) is 18.2 Å². The molecule has 1 fully saturated rings. The van der Waals surface area contributed by atoms with E-state index in [0.29, 0.717) is 34.9 Å². The van der Waals surface area contributed by atoms with Gasteiger partial charge < -0.3 is 19.7 Å². The first-order valence-corrected chi connectivity index (χ1v) is 10.8. The first kappa shape index (κ1) is 23.6. The molecule has 2 N–H and O–H groups in total. The molecule has 1 aliphatic heterocycles. The molecule has 7 nitrogen and oxygen atoms in total. The molecular weight excluding hydrogens is 463 g/mol. The van der Waals surface area contributed by atoms with Crippen molar-refractivity contribution in [1.82, 2.24) is 14.9 Å². The third-order valence-corrected chi connectivity index (χ3v) is 5.99. The maximum Gasteiger partial charge on any atom is 0.522 e. The molecule has 4 rings (SSSR count). The summed E-state index contributed by atoms with van der Waals surface area (Å²) < 4.78 is 48.2. The Morgan fingerprint density at radius 3 is 2.85 bits per heavy atom. The summed E-state index contributed by atoms with van der Waals surface area (Å²) in [7, 11) is 0. The number of aryl methyl sites for hydroxylation is 1. The second-order valence-electron chi connectivity index (χ2n) is 8.26. The number of nitrogens with zero attached hydrogens (tertiary/aromatic N) is 2. The smallest absolute Gasteiger partial charge is 0.480 e. The Labute approximate surface area is 193 Å². The zero-order chi connectivity index (χ0) is 23.8. The number of rotatable bonds is 7. The summed E-state index contributed by atoms with van der Waals surface area (Å²) in [5.41, 5.74) is 1.75. The summed E-state index contributed by atoms with van der Waals surface area (Å²) in [6.07, 6.45) is -2.22. The number of allylic oxidation sites excluding steroid dienone is 1. The van der Waals surface area contributed by atoms with E-state index in [1.165, 1.54) is 0 Å². The summed E-state index contributed by atoms with van der Waals surface area (Å²) >= 11 is 5.94. The van der Waals surface area contributed by atoms with Gasteiger partial charge in [-0.05, 0) is 43.9 Å². The van der Waals surface area contributed by atoms with E-state index < -0.39 is 30.6 Å². The van der Waals surface area contributed by atoms with Gasteiger partial charge in [-0.2, -0.15) is 0 Å². The van der Waals surface area contributed by atoms with Gasteiger partial charge in [-0.15, -0.1) is 13.2 Å². The second kappa shape index (κ2) is 9.36. The second-order valence-corrected chi connectivity index (χ2v) is 8.69. The quantitative estimate of drug-likeness (QED) is 0.613. The Morgan fingerprint density at radius 1 is 1.36 bits per heavy atom. The molecule has 11 heteroatoms. The van der Waals surface area contributed by atoms with E-state index in [2.05, 4.69) is 21.6 Å². The van der Waals surface area contributed by atoms with Gasteiger partial charge in [-0.25, -0.2) is 4.98 Å². The molecule has 0 spiro atoms. The minimum atomic E-state index is -4.61. The molecule has 1 aromatic heterocycles. The number of aromatic nitrogens is 2. The Balaban J connectivity index is 1.23. The number of benzene rings is 1. The van der Waals surface area contributed by atoms with Crippen LogP contribution in [0.15, 0.2) is 43.0 Å². The molecular formula is C22H23ClF3N3O4. The fraction of sp³-hybridized carbons (Fsp3) is 0.455. The van der Waals surface area contributed by atoms with E-state index in [-0.39, 0.29) is 25.3 Å². The summed E-state index contributed by atoms with van der Waals surface area (Å²) in [6.45, 7) is 3.87. The average Bonchev–Trinajstić information content (AvgIpc) is 3.17. The highest BCUT2D eigenvalue weighted by Crippen LogP contribution is 2.38. The van der Waals surface area contributed by atoms with Gasteiger partial charge in [0, 0.05) is 34.9 Å². The standard InChI is InChI=1S/C22H23ClF3N3O4/c1-12(28-21(31)20-9-18(30)17-6-13(23)3-5-19(17)32-20)2-4-14-10-29(11-27-14)15-7-16(8-15)33-22(24,25)26/h3,5-6,10-11,15-16,18,20,30H,1-2,4,7-9H2,(H,28,31)/t15-,16+,18-,20-/m1/s1. The topological polar surface area (TPSA) is 85.6 Å². The van der Waals surface area contributed by atoms with Gasteiger partial charge in [0.2, 0.25) is 0 Å². The summed E-state index contributed by atoms with van der Waals surface area (Å²) in [4.78, 5) is 16.8. The van der Waals surface area contributed by atoms with Crippen molar-refractivity contribution in [3.63, 3.8) is 0 Å². The number of ether oxygens (including phenoxy) is 2. The molecule has 2 heterocycles. The number of amides is 1. The van der Waals surface area contributed by atoms with Crippen molar-refractivity contribution in [3.05, 3.63) is 59.3 Å². The average molecular weight is 486 g/mol. The fourth-order valence-electron chi connectivity index (χ4n) is 3.95. The third-order valence-electron chi connectivity index (χ3n) is 5.76. The van der Waals surface area contributed by atoms with Crippen LogP contribution >= 0.6 is 11.6 Å². The largest absolute Gasteiger partial charge is 0.522 e. The van der Waals surface area contributed by atoms with Crippen LogP contribution in [0, 0.1) is 0 Å². The first-order chi connectivity index (χ1) is 15.6. The first-order valence-electron chi connectivity index (χ1n) is 10.5. The fourth-order valence-corrected chi connectivity index (χ4v) is 4.13. The van der Waals surface area contributed by atoms with E-state index in [9.17, 15) is 23.1 Å². The van der Waals surface area contributed by atoms with Crippen molar-refractivity contribution in [3.8, 4) is 5.75 Å². The van der Waals surface area contributed by atoms with Gasteiger partial charge in [0.05, 0.1) is 24.2 Å². The molecule has 1 saturated carbocycles. The Bertz CT molecular complexity index is 1040. The molecule has 1 aromatic carbocycles. The number of halogens is 4. The van der Waals surface area contributed by atoms with Crippen LogP contribution in [0.5, 0.6) is 5.75 Å². The minimum Gasteiger partial charge on any atom is -0.480 e. The van der Waals surface area contributed by atoms with Gasteiger partial charge in [0.25, 0.3) is 5.91 Å². The molecule has 0 unspecified atom stereocenters. The van der Waals surface area contributed by atoms with Crippen LogP contribution in [0.1, 0.15) is 49.1 Å². The van der Waals surface area contributed by atoms with Crippen molar-refractivity contribution in [2.75, 3.05) is 0 Å². The van der Waals surface area contributed by atoms with Gasteiger partial charge >= 0.3 is 6.36 Å². The highest BCUT2D eigenvalue weighted by Gasteiger charge is 2.40. The number of nitrogens with one attached hydrogen (secondary N) is 1. The van der Waals surface area contributed by atoms with Crippen molar-refractivity contribution in [2.45, 2.75) is 62.8 Å². The van der Waals surface area contributed by atoms with Crippen molar-refractivity contribution in [2.24, 2.45) is 0 Å². The Hall–Kier alpha value is -2.56. The lowest BCUT2D eigenvalue weighted by Crippen LogP contribution is -2.41. The summed E-state index contributed by atoms with van der Waals surface area (Å²) in [5.74, 6) is 0.00340. The molecule has 178 valence electrons. The molecule has 0 saturated heterocycles. The van der Waals surface area contributed by atoms with Gasteiger partial charge in [0.15, 0.2) is 6.10 Å². The zero-order valence-electron chi connectivity index (χ0n) is 17.5. The number of imidazole rings is 1. The van der Waals surface area contributed by atoms with Crippen molar-refractivity contribution < 1.29 is 32.5 Å². The SMILES string of the molecule is C=C(CCc1cn([C@H]2C[C@@H](OC(F)(F)F)C2)cn1)NC(=O)[C@H]1C[C@@H](O)c2cc(Cl)ccc2O1. The van der Waals surface area contributed by atoms with Crippen LogP contribution in [0.4, 0.5) is 13.2 Å². The molecule has 2 aromatic rings. The van der Waals surface area contributed by atoms with Crippen LogP contribution in [0.2, 0.25) is 5.02 Å². The number of aliphatic hydroxyl groups is 1. The van der Waals surface area contributed by atoms with Gasteiger partial charge in [0.1, 0.15) is 5.75 Å². The lowest BCUT2D eigenvalue weighted by Gasteiger charge is -2.35. The van der Waals surface area contributed by atoms with Crippen LogP contribution < -0.4 is 10.1 Å². The predicted octanol–water partition coefficient (Wildman–Crippen LogP) is 4.22. The zero-order valence-corrected chi connectivity index (χ0v) is 18.3. The van der Waals surface area contributed by atoms with E-state index in [1.807, 2.05) is 0 Å². The van der Waals surface area contributed by atoms with E-state index >= 15 is 0 Å². The molecule has 2 aliphatic rings. The number of carbonyl (C=O) groups is 1. The highest BCUT2D eigenvalue weighted by molar-refractivity contribution is 6.30. The minimum absolute atomic E-state index is 0.0749. The monoisotopic (exact) mass is 485 g/mol. The predicted molar refractivity (Wildman–Crippen MR) is 112 cm³/mol. The molecule has 33 heavy (non-hydrogen) atoms. The number of fused-ring (bicyclic) bond motifs is 1. The maximum absolute atomic E-state index is 12.6. The van der Waals surface area contributed by atoms with Crippen LogP contribution in [0.3, 0.4) is 0 Å². The summed E-state index contributed by atoms with van der Waals surface area (Å²) in [5, 5.41) is 13.5. The van der Waals surface area contributed by atoms with Crippen LogP contribution in [-0.2, 0) is 16.0 Å². The Morgan fingerprint density at radius 2 is 2.12 bits per heavy atom. The summed E-state index contributed by atoms with van der Waals surface area (Å²) in [6, 6.07) is 4.78. The number of hydrogen-bond donors (Lipinski definition) is 2. The number of hydrogen-bond acceptors (Lipinski definition) is 5. The third kappa shape index (κ3) is 5.87. The van der Waals surface area contributed by atoms with E-state index in [0.717, 1.165) is 5.69 Å². The number of carbonyl (C=O) groups excluding carboxylic acids is 1. The highest BCUT2D eigenvalue weighted by atomic mass is 35.5. The van der Waals surface area contributed by atoms with Crippen LogP contribution in [0.25, 0.3) is 0 Å². The van der Waals surface area contributed by atoms with Crippen LogP contribution in [-0.4, -0.2) is 39.1 Å². The number of alkyl halides is 3. The number of aliphatic hydroxyl groups excluding tert-OH is 1. The molecule has 1 aliphatic carbocycles. The molecule has 2 atom stereocenters. The van der Waals surface area contributed by atoms with E-state index in [4.69, 9.17) is 16.3 Å².